The van der Waals surface area contributed by atoms with E-state index in [2.05, 4.69) is 10.6 Å². The van der Waals surface area contributed by atoms with E-state index in [1.165, 1.54) is 29.6 Å². The molecule has 9 heteroatoms. The molecule has 2 aliphatic heterocycles. The molecule has 2 N–H and O–H groups in total. The summed E-state index contributed by atoms with van der Waals surface area (Å²) < 4.78 is 32.5. The number of sulfonamides is 1. The van der Waals surface area contributed by atoms with Crippen LogP contribution in [0.15, 0.2) is 23.1 Å². The van der Waals surface area contributed by atoms with Crippen molar-refractivity contribution >= 4 is 21.8 Å². The van der Waals surface area contributed by atoms with Gasteiger partial charge in [0.15, 0.2) is 0 Å². The zero-order valence-corrected chi connectivity index (χ0v) is 16.2. The smallest absolute Gasteiger partial charge is 0.251 e. The molecule has 2 saturated heterocycles. The van der Waals surface area contributed by atoms with Crippen LogP contribution in [0.5, 0.6) is 5.75 Å². The Balaban J connectivity index is 1.86. The van der Waals surface area contributed by atoms with Gasteiger partial charge < -0.3 is 15.4 Å². The highest BCUT2D eigenvalue weighted by Gasteiger charge is 2.31. The fraction of sp³-hybridized carbons (Fsp3) is 0.556. The van der Waals surface area contributed by atoms with E-state index in [1.54, 1.807) is 0 Å². The Bertz CT molecular complexity index is 818. The Hall–Kier alpha value is -2.13. The number of hydrogen-bond donors (Lipinski definition) is 2. The van der Waals surface area contributed by atoms with Crippen molar-refractivity contribution in [3.05, 3.63) is 23.8 Å². The van der Waals surface area contributed by atoms with Crippen LogP contribution in [0.2, 0.25) is 0 Å². The molecule has 0 aromatic heterocycles. The largest absolute Gasteiger partial charge is 0.495 e. The number of hydrogen-bond acceptors (Lipinski definition) is 5. The van der Waals surface area contributed by atoms with Crippen LogP contribution in [-0.2, 0) is 14.8 Å². The van der Waals surface area contributed by atoms with Crippen LogP contribution in [-0.4, -0.2) is 57.3 Å². The van der Waals surface area contributed by atoms with Gasteiger partial charge in [-0.2, -0.15) is 4.31 Å². The fourth-order valence-corrected chi connectivity index (χ4v) is 5.10. The van der Waals surface area contributed by atoms with Gasteiger partial charge in [0, 0.05) is 25.2 Å². The van der Waals surface area contributed by atoms with Crippen molar-refractivity contribution in [2.75, 3.05) is 26.7 Å². The first-order chi connectivity index (χ1) is 12.9. The van der Waals surface area contributed by atoms with E-state index in [9.17, 15) is 18.0 Å². The highest BCUT2D eigenvalue weighted by molar-refractivity contribution is 7.89. The predicted molar refractivity (Wildman–Crippen MR) is 99.1 cm³/mol. The number of methoxy groups -OCH3 is 1. The maximum absolute atomic E-state index is 12.9. The Kier molecular flexibility index (Phi) is 6.01. The van der Waals surface area contributed by atoms with Crippen LogP contribution >= 0.6 is 0 Å². The number of rotatable bonds is 5. The minimum Gasteiger partial charge on any atom is -0.495 e. The third-order valence-corrected chi connectivity index (χ3v) is 6.87. The number of carbonyl (C=O) groups is 2. The zero-order valence-electron chi connectivity index (χ0n) is 15.4. The Morgan fingerprint density at radius 2 is 1.96 bits per heavy atom. The number of amides is 2. The summed E-state index contributed by atoms with van der Waals surface area (Å²) in [6.07, 6.45) is 3.91. The summed E-state index contributed by atoms with van der Waals surface area (Å²) in [5.74, 6) is -0.484. The first-order valence-electron chi connectivity index (χ1n) is 9.20. The molecule has 2 amide bonds. The van der Waals surface area contributed by atoms with Gasteiger partial charge in [0.05, 0.1) is 7.11 Å². The number of ether oxygens (including phenoxy) is 1. The third-order valence-electron chi connectivity index (χ3n) is 4.95. The second kappa shape index (κ2) is 8.26. The van der Waals surface area contributed by atoms with Crippen LogP contribution in [0.25, 0.3) is 0 Å². The van der Waals surface area contributed by atoms with Gasteiger partial charge in [-0.1, -0.05) is 0 Å². The zero-order chi connectivity index (χ0) is 19.4. The molecule has 3 rings (SSSR count). The summed E-state index contributed by atoms with van der Waals surface area (Å²) in [6, 6.07) is 3.70. The molecule has 0 radical (unpaired) electrons. The van der Waals surface area contributed by atoms with Gasteiger partial charge in [-0.15, -0.1) is 0 Å². The van der Waals surface area contributed by atoms with E-state index in [4.69, 9.17) is 4.74 Å². The number of nitrogens with one attached hydrogen (secondary N) is 2. The summed E-state index contributed by atoms with van der Waals surface area (Å²) in [7, 11) is -2.34. The Labute approximate surface area is 159 Å². The van der Waals surface area contributed by atoms with Gasteiger partial charge in [-0.05, 0) is 50.3 Å². The topological polar surface area (TPSA) is 105 Å². The molecule has 1 atom stereocenters. The lowest BCUT2D eigenvalue weighted by Gasteiger charge is -2.19. The number of nitrogens with zero attached hydrogens (tertiary/aromatic N) is 1. The van der Waals surface area contributed by atoms with Gasteiger partial charge in [0.1, 0.15) is 16.7 Å². The van der Waals surface area contributed by atoms with Crippen molar-refractivity contribution in [1.82, 2.24) is 14.9 Å². The van der Waals surface area contributed by atoms with Crippen molar-refractivity contribution in [3.63, 3.8) is 0 Å². The highest BCUT2D eigenvalue weighted by atomic mass is 32.2. The second-order valence-corrected chi connectivity index (χ2v) is 8.70. The van der Waals surface area contributed by atoms with E-state index < -0.39 is 22.0 Å². The summed E-state index contributed by atoms with van der Waals surface area (Å²) in [4.78, 5) is 24.6. The van der Waals surface area contributed by atoms with Gasteiger partial charge >= 0.3 is 0 Å². The summed E-state index contributed by atoms with van der Waals surface area (Å²) in [6.45, 7) is 1.53. The summed E-state index contributed by atoms with van der Waals surface area (Å²) >= 11 is 0. The average molecular weight is 395 g/mol. The second-order valence-electron chi connectivity index (χ2n) is 6.79. The summed E-state index contributed by atoms with van der Waals surface area (Å²) in [5, 5.41) is 5.48. The maximum atomic E-state index is 12.9. The average Bonchev–Trinajstić information content (AvgIpc) is 3.14. The number of benzene rings is 1. The molecule has 27 heavy (non-hydrogen) atoms. The van der Waals surface area contributed by atoms with Gasteiger partial charge in [-0.25, -0.2) is 8.42 Å². The molecule has 0 saturated carbocycles. The third kappa shape index (κ3) is 4.24. The van der Waals surface area contributed by atoms with Crippen molar-refractivity contribution in [2.24, 2.45) is 0 Å². The molecule has 0 bridgehead atoms. The standard InChI is InChI=1S/C18H25N3O5S/c1-26-15-8-7-13(12-16(15)27(24,25)21-10-4-5-11-21)17(22)20-14-6-2-3-9-19-18(14)23/h7-8,12,14H,2-6,9-11H2,1H3,(H,19,23)(H,20,22). The van der Waals surface area contributed by atoms with E-state index in [0.29, 0.717) is 26.1 Å². The molecular weight excluding hydrogens is 370 g/mol. The van der Waals surface area contributed by atoms with E-state index >= 15 is 0 Å². The fourth-order valence-electron chi connectivity index (χ4n) is 3.41. The van der Waals surface area contributed by atoms with Crippen LogP contribution in [0, 0.1) is 0 Å². The molecule has 1 aromatic carbocycles. The molecule has 2 fully saturated rings. The first kappa shape index (κ1) is 19.6. The molecular formula is C18H25N3O5S. The Morgan fingerprint density at radius 3 is 2.67 bits per heavy atom. The SMILES string of the molecule is COc1ccc(C(=O)NC2CCCCNC2=O)cc1S(=O)(=O)N1CCCC1. The molecule has 1 aromatic rings. The molecule has 2 heterocycles. The highest BCUT2D eigenvalue weighted by Crippen LogP contribution is 2.30. The predicted octanol–water partition coefficient (Wildman–Crippen LogP) is 0.878. The van der Waals surface area contributed by atoms with Crippen LogP contribution < -0.4 is 15.4 Å². The normalized spacial score (nSPS) is 21.4. The van der Waals surface area contributed by atoms with Crippen molar-refractivity contribution < 1.29 is 22.7 Å². The van der Waals surface area contributed by atoms with Crippen LogP contribution in [0.3, 0.4) is 0 Å². The Morgan fingerprint density at radius 1 is 1.22 bits per heavy atom. The van der Waals surface area contributed by atoms with Gasteiger partial charge in [0.25, 0.3) is 5.91 Å². The van der Waals surface area contributed by atoms with Crippen LogP contribution in [0.1, 0.15) is 42.5 Å². The van der Waals surface area contributed by atoms with E-state index in [0.717, 1.165) is 25.7 Å². The minimum absolute atomic E-state index is 0.0233. The van der Waals surface area contributed by atoms with E-state index in [-0.39, 0.29) is 22.1 Å². The van der Waals surface area contributed by atoms with Crippen molar-refractivity contribution in [1.29, 1.82) is 0 Å². The van der Waals surface area contributed by atoms with E-state index in [1.807, 2.05) is 0 Å². The minimum atomic E-state index is -3.74. The first-order valence-corrected chi connectivity index (χ1v) is 10.6. The molecule has 0 aliphatic carbocycles. The lowest BCUT2D eigenvalue weighted by atomic mass is 10.1. The molecule has 2 aliphatic rings. The monoisotopic (exact) mass is 395 g/mol. The lowest BCUT2D eigenvalue weighted by Crippen LogP contribution is -2.45. The lowest BCUT2D eigenvalue weighted by molar-refractivity contribution is -0.122. The van der Waals surface area contributed by atoms with Gasteiger partial charge in [-0.3, -0.25) is 9.59 Å². The van der Waals surface area contributed by atoms with Gasteiger partial charge in [0.2, 0.25) is 15.9 Å². The van der Waals surface area contributed by atoms with Crippen LogP contribution in [0.4, 0.5) is 0 Å². The van der Waals surface area contributed by atoms with Crippen molar-refractivity contribution in [3.8, 4) is 5.75 Å². The summed E-state index contributed by atoms with van der Waals surface area (Å²) in [5.41, 5.74) is 0.186. The molecule has 148 valence electrons. The molecule has 8 nitrogen and oxygen atoms in total. The molecule has 0 spiro atoms. The van der Waals surface area contributed by atoms with Crippen molar-refractivity contribution in [2.45, 2.75) is 43.0 Å². The number of carbonyl (C=O) groups excluding carboxylic acids is 2. The molecule has 1 unspecified atom stereocenters. The maximum Gasteiger partial charge on any atom is 0.251 e. The quantitative estimate of drug-likeness (QED) is 0.770.